The molecule has 1 atom stereocenters. The molecular formula is C18H23NO. The molecule has 0 saturated heterocycles. The topological polar surface area (TPSA) is 32.3 Å². The van der Waals surface area contributed by atoms with Gasteiger partial charge in [0.1, 0.15) is 5.75 Å². The predicted octanol–water partition coefficient (Wildman–Crippen LogP) is 4.90. The molecule has 0 bridgehead atoms. The Morgan fingerprint density at radius 3 is 2.35 bits per heavy atom. The molecule has 2 rings (SSSR count). The summed E-state index contributed by atoms with van der Waals surface area (Å²) in [6.07, 6.45) is 1.07. The Labute approximate surface area is 121 Å². The van der Waals surface area contributed by atoms with E-state index in [-0.39, 0.29) is 0 Å². The zero-order chi connectivity index (χ0) is 14.5. The van der Waals surface area contributed by atoms with Crippen molar-refractivity contribution in [2.75, 3.05) is 5.32 Å². The van der Waals surface area contributed by atoms with E-state index in [1.54, 1.807) is 6.07 Å². The molecule has 2 heteroatoms. The number of nitrogens with one attached hydrogen (secondary N) is 1. The minimum atomic E-state index is 0.292. The Bertz CT molecular complexity index is 549. The number of anilines is 1. The number of phenols is 1. The maximum absolute atomic E-state index is 9.61. The first-order chi connectivity index (χ1) is 9.56. The van der Waals surface area contributed by atoms with Crippen molar-refractivity contribution in [2.24, 2.45) is 5.92 Å². The summed E-state index contributed by atoms with van der Waals surface area (Å²) in [5.41, 5.74) is 3.24. The third-order valence-corrected chi connectivity index (χ3v) is 3.45. The van der Waals surface area contributed by atoms with E-state index in [0.717, 1.165) is 17.7 Å². The minimum absolute atomic E-state index is 0.292. The van der Waals surface area contributed by atoms with Gasteiger partial charge in [0.05, 0.1) is 6.04 Å². The van der Waals surface area contributed by atoms with Crippen molar-refractivity contribution >= 4 is 5.69 Å². The first-order valence-electron chi connectivity index (χ1n) is 7.17. The molecule has 2 aromatic carbocycles. The second-order valence-electron chi connectivity index (χ2n) is 5.74. The highest BCUT2D eigenvalue weighted by atomic mass is 16.3. The van der Waals surface area contributed by atoms with Crippen molar-refractivity contribution in [3.63, 3.8) is 0 Å². The smallest absolute Gasteiger partial charge is 0.118 e. The summed E-state index contributed by atoms with van der Waals surface area (Å²) in [4.78, 5) is 0. The highest BCUT2D eigenvalue weighted by molar-refractivity contribution is 5.51. The molecule has 0 amide bonds. The normalized spacial score (nSPS) is 12.4. The van der Waals surface area contributed by atoms with E-state index < -0.39 is 0 Å². The molecule has 2 aromatic rings. The summed E-state index contributed by atoms with van der Waals surface area (Å²) < 4.78 is 0. The second-order valence-corrected chi connectivity index (χ2v) is 5.74. The minimum Gasteiger partial charge on any atom is -0.508 e. The van der Waals surface area contributed by atoms with Crippen LogP contribution in [0, 0.1) is 12.8 Å². The monoisotopic (exact) mass is 269 g/mol. The largest absolute Gasteiger partial charge is 0.508 e. The highest BCUT2D eigenvalue weighted by Crippen LogP contribution is 2.28. The number of phenolic OH excluding ortho intramolecular Hbond substituents is 1. The summed E-state index contributed by atoms with van der Waals surface area (Å²) in [7, 11) is 0. The number of rotatable bonds is 5. The van der Waals surface area contributed by atoms with Gasteiger partial charge in [-0.15, -0.1) is 0 Å². The predicted molar refractivity (Wildman–Crippen MR) is 85.1 cm³/mol. The van der Waals surface area contributed by atoms with Crippen LogP contribution in [0.3, 0.4) is 0 Å². The number of aryl methyl sites for hydroxylation is 1. The van der Waals surface area contributed by atoms with Gasteiger partial charge in [-0.05, 0) is 48.6 Å². The highest BCUT2D eigenvalue weighted by Gasteiger charge is 2.13. The summed E-state index contributed by atoms with van der Waals surface area (Å²) in [5.74, 6) is 0.960. The van der Waals surface area contributed by atoms with E-state index in [0.29, 0.717) is 17.7 Å². The molecule has 1 unspecified atom stereocenters. The van der Waals surface area contributed by atoms with Crippen LogP contribution in [-0.2, 0) is 0 Å². The molecule has 0 aliphatic rings. The average molecular weight is 269 g/mol. The molecule has 2 nitrogen and oxygen atoms in total. The average Bonchev–Trinajstić information content (AvgIpc) is 2.43. The summed E-state index contributed by atoms with van der Waals surface area (Å²) in [6, 6.07) is 16.5. The maximum Gasteiger partial charge on any atom is 0.118 e. The molecular weight excluding hydrogens is 246 g/mol. The van der Waals surface area contributed by atoms with Gasteiger partial charge in [0.25, 0.3) is 0 Å². The zero-order valence-corrected chi connectivity index (χ0v) is 12.4. The molecule has 0 aromatic heterocycles. The van der Waals surface area contributed by atoms with Crippen LogP contribution < -0.4 is 5.32 Å². The van der Waals surface area contributed by atoms with Crippen LogP contribution in [0.25, 0.3) is 0 Å². The van der Waals surface area contributed by atoms with Crippen molar-refractivity contribution in [2.45, 2.75) is 33.2 Å². The van der Waals surface area contributed by atoms with Crippen molar-refractivity contribution in [1.82, 2.24) is 0 Å². The van der Waals surface area contributed by atoms with E-state index in [1.165, 1.54) is 5.56 Å². The lowest BCUT2D eigenvalue weighted by molar-refractivity contribution is 0.471. The quantitative estimate of drug-likeness (QED) is 0.757. The van der Waals surface area contributed by atoms with Crippen LogP contribution in [0.1, 0.15) is 37.4 Å². The lowest BCUT2D eigenvalue weighted by Gasteiger charge is -2.22. The lowest BCUT2D eigenvalue weighted by Crippen LogP contribution is -2.13. The first-order valence-corrected chi connectivity index (χ1v) is 7.17. The summed E-state index contributed by atoms with van der Waals surface area (Å²) >= 11 is 0. The van der Waals surface area contributed by atoms with E-state index in [1.807, 2.05) is 25.1 Å². The van der Waals surface area contributed by atoms with Gasteiger partial charge in [-0.2, -0.15) is 0 Å². The van der Waals surface area contributed by atoms with Gasteiger partial charge in [0.15, 0.2) is 0 Å². The van der Waals surface area contributed by atoms with Crippen LogP contribution in [0.2, 0.25) is 0 Å². The fourth-order valence-corrected chi connectivity index (χ4v) is 2.38. The lowest BCUT2D eigenvalue weighted by atomic mass is 9.96. The van der Waals surface area contributed by atoms with Crippen molar-refractivity contribution < 1.29 is 5.11 Å². The molecule has 2 N–H and O–H groups in total. The molecule has 0 aliphatic heterocycles. The van der Waals surface area contributed by atoms with Crippen LogP contribution in [0.5, 0.6) is 5.75 Å². The number of hydrogen-bond acceptors (Lipinski definition) is 2. The number of hydrogen-bond donors (Lipinski definition) is 2. The van der Waals surface area contributed by atoms with Gasteiger partial charge in [0.2, 0.25) is 0 Å². The van der Waals surface area contributed by atoms with Gasteiger partial charge < -0.3 is 10.4 Å². The molecule has 0 fully saturated rings. The standard InChI is InChI=1S/C18H23NO/c1-13(2)11-17(15-7-5-4-6-8-15)19-16-9-10-18(20)14(3)12-16/h4-10,12-13,17,19-20H,11H2,1-3H3. The van der Waals surface area contributed by atoms with Crippen LogP contribution in [0.15, 0.2) is 48.5 Å². The van der Waals surface area contributed by atoms with Gasteiger partial charge in [-0.1, -0.05) is 44.2 Å². The Morgan fingerprint density at radius 1 is 1.05 bits per heavy atom. The Morgan fingerprint density at radius 2 is 1.75 bits per heavy atom. The number of aromatic hydroxyl groups is 1. The van der Waals surface area contributed by atoms with Gasteiger partial charge in [-0.3, -0.25) is 0 Å². The molecule has 0 saturated carbocycles. The van der Waals surface area contributed by atoms with Crippen molar-refractivity contribution in [3.05, 3.63) is 59.7 Å². The maximum atomic E-state index is 9.61. The van der Waals surface area contributed by atoms with Crippen molar-refractivity contribution in [1.29, 1.82) is 0 Å². The fraction of sp³-hybridized carbons (Fsp3) is 0.333. The van der Waals surface area contributed by atoms with E-state index in [2.05, 4.69) is 43.4 Å². The zero-order valence-electron chi connectivity index (χ0n) is 12.4. The summed E-state index contributed by atoms with van der Waals surface area (Å²) in [5, 5.41) is 13.2. The third-order valence-electron chi connectivity index (χ3n) is 3.45. The van der Waals surface area contributed by atoms with Gasteiger partial charge in [0, 0.05) is 5.69 Å². The first kappa shape index (κ1) is 14.4. The SMILES string of the molecule is Cc1cc(NC(CC(C)C)c2ccccc2)ccc1O. The molecule has 20 heavy (non-hydrogen) atoms. The fourth-order valence-electron chi connectivity index (χ4n) is 2.38. The van der Waals surface area contributed by atoms with E-state index >= 15 is 0 Å². The van der Waals surface area contributed by atoms with Crippen molar-refractivity contribution in [3.8, 4) is 5.75 Å². The third kappa shape index (κ3) is 3.77. The second kappa shape index (κ2) is 6.47. The molecule has 0 spiro atoms. The molecule has 0 aliphatic carbocycles. The molecule has 0 radical (unpaired) electrons. The van der Waals surface area contributed by atoms with Gasteiger partial charge >= 0.3 is 0 Å². The molecule has 106 valence electrons. The Balaban J connectivity index is 2.21. The number of benzene rings is 2. The van der Waals surface area contributed by atoms with Crippen LogP contribution in [0.4, 0.5) is 5.69 Å². The Hall–Kier alpha value is -1.96. The van der Waals surface area contributed by atoms with Crippen LogP contribution in [-0.4, -0.2) is 5.11 Å². The Kier molecular flexibility index (Phi) is 4.67. The van der Waals surface area contributed by atoms with E-state index in [4.69, 9.17) is 0 Å². The van der Waals surface area contributed by atoms with E-state index in [9.17, 15) is 5.11 Å². The van der Waals surface area contributed by atoms with Gasteiger partial charge in [-0.25, -0.2) is 0 Å². The van der Waals surface area contributed by atoms with Crippen LogP contribution >= 0.6 is 0 Å². The summed E-state index contributed by atoms with van der Waals surface area (Å²) in [6.45, 7) is 6.39. The molecule has 0 heterocycles.